The second-order valence-corrected chi connectivity index (χ2v) is 13.9. The number of nitrogens with one attached hydrogen (secondary N) is 3. The Bertz CT molecular complexity index is 1740. The molecule has 3 aromatic rings. The predicted molar refractivity (Wildman–Crippen MR) is 173 cm³/mol. The maximum Gasteiger partial charge on any atom is 0.408 e. The van der Waals surface area contributed by atoms with Gasteiger partial charge in [-0.15, -0.1) is 0 Å². The first-order valence-electron chi connectivity index (χ1n) is 15.0. The van der Waals surface area contributed by atoms with Crippen LogP contribution in [-0.4, -0.2) is 43.0 Å². The summed E-state index contributed by atoms with van der Waals surface area (Å²) in [5.74, 6) is -0.540. The van der Waals surface area contributed by atoms with E-state index < -0.39 is 49.2 Å². The Balaban J connectivity index is 1.49. The molecule has 47 heavy (non-hydrogen) atoms. The van der Waals surface area contributed by atoms with Crippen molar-refractivity contribution in [1.82, 2.24) is 10.0 Å². The van der Waals surface area contributed by atoms with Crippen LogP contribution in [0, 0.1) is 21.4 Å². The predicted octanol–water partition coefficient (Wildman–Crippen LogP) is 5.34. The number of carbonyl (C=O) groups excluding carboxylic acids is 2. The number of hydrogen-bond donors (Lipinski definition) is 3. The lowest BCUT2D eigenvalue weighted by molar-refractivity contribution is -0.384. The molecule has 0 bridgehead atoms. The zero-order chi connectivity index (χ0) is 34.2. The van der Waals surface area contributed by atoms with E-state index >= 15 is 0 Å². The van der Waals surface area contributed by atoms with Gasteiger partial charge in [0.15, 0.2) is 0 Å². The van der Waals surface area contributed by atoms with E-state index in [2.05, 4.69) is 16.7 Å². The highest BCUT2D eigenvalue weighted by atomic mass is 32.2. The second kappa shape index (κ2) is 15.0. The number of sulfonamides is 1. The SMILES string of the molecule is CC(C)(C)OC(=O)N[C@@H](Cc1ccc(OCc2ccc(C#N)cc2)cc1)C(=O)NS(=O)(=O)c1ccc(NC2CCCC2)c([N+](=O)[O-])c1. The minimum atomic E-state index is -4.57. The molecule has 0 saturated heterocycles. The second-order valence-electron chi connectivity index (χ2n) is 12.2. The van der Waals surface area contributed by atoms with Gasteiger partial charge in [-0.25, -0.2) is 17.9 Å². The van der Waals surface area contributed by atoms with Gasteiger partial charge in [0.1, 0.15) is 29.7 Å². The summed E-state index contributed by atoms with van der Waals surface area (Å²) in [4.78, 5) is 36.7. The number of hydrogen-bond acceptors (Lipinski definition) is 10. The number of nitrogens with zero attached hydrogens (tertiary/aromatic N) is 2. The lowest BCUT2D eigenvalue weighted by Gasteiger charge is -2.23. The van der Waals surface area contributed by atoms with E-state index in [1.54, 1.807) is 69.3 Å². The fourth-order valence-electron chi connectivity index (χ4n) is 4.96. The Labute approximate surface area is 273 Å². The van der Waals surface area contributed by atoms with Gasteiger partial charge in [-0.1, -0.05) is 37.1 Å². The minimum absolute atomic E-state index is 0.0544. The van der Waals surface area contributed by atoms with Crippen molar-refractivity contribution in [3.63, 3.8) is 0 Å². The lowest BCUT2D eigenvalue weighted by Crippen LogP contribution is -2.50. The minimum Gasteiger partial charge on any atom is -0.489 e. The Hall–Kier alpha value is -5.16. The van der Waals surface area contributed by atoms with Gasteiger partial charge in [0.25, 0.3) is 21.6 Å². The normalized spacial score (nSPS) is 14.0. The van der Waals surface area contributed by atoms with E-state index in [9.17, 15) is 28.1 Å². The molecule has 4 rings (SSSR count). The molecule has 1 fully saturated rings. The number of anilines is 1. The lowest BCUT2D eigenvalue weighted by atomic mass is 10.1. The third kappa shape index (κ3) is 10.2. The highest BCUT2D eigenvalue weighted by Gasteiger charge is 2.30. The first-order chi connectivity index (χ1) is 22.2. The van der Waals surface area contributed by atoms with Crippen LogP contribution >= 0.6 is 0 Å². The smallest absolute Gasteiger partial charge is 0.408 e. The molecule has 0 heterocycles. The third-order valence-corrected chi connectivity index (χ3v) is 8.63. The van der Waals surface area contributed by atoms with Gasteiger partial charge in [-0.05, 0) is 81.1 Å². The molecule has 0 unspecified atom stereocenters. The number of amides is 2. The summed E-state index contributed by atoms with van der Waals surface area (Å²) in [6, 6.07) is 17.7. The molecule has 14 heteroatoms. The van der Waals surface area contributed by atoms with Crippen LogP contribution in [-0.2, 0) is 32.6 Å². The Kier molecular flexibility index (Phi) is 11.0. The molecule has 1 aliphatic carbocycles. The molecule has 0 aliphatic heterocycles. The van der Waals surface area contributed by atoms with Crippen molar-refractivity contribution in [2.24, 2.45) is 0 Å². The Morgan fingerprint density at radius 3 is 2.26 bits per heavy atom. The highest BCUT2D eigenvalue weighted by molar-refractivity contribution is 7.90. The number of alkyl carbamates (subject to hydrolysis) is 1. The van der Waals surface area contributed by atoms with Gasteiger partial charge in [0.05, 0.1) is 21.5 Å². The third-order valence-electron chi connectivity index (χ3n) is 7.29. The highest BCUT2D eigenvalue weighted by Crippen LogP contribution is 2.31. The van der Waals surface area contributed by atoms with Crippen LogP contribution in [0.25, 0.3) is 0 Å². The molecule has 0 aromatic heterocycles. The van der Waals surface area contributed by atoms with E-state index in [0.29, 0.717) is 16.9 Å². The molecule has 13 nitrogen and oxygen atoms in total. The van der Waals surface area contributed by atoms with Crippen LogP contribution < -0.4 is 20.1 Å². The molecule has 3 N–H and O–H groups in total. The fraction of sp³-hybridized carbons (Fsp3) is 0.364. The summed E-state index contributed by atoms with van der Waals surface area (Å²) in [5, 5.41) is 26.3. The van der Waals surface area contributed by atoms with Crippen molar-refractivity contribution >= 4 is 33.4 Å². The maximum absolute atomic E-state index is 13.4. The molecule has 248 valence electrons. The zero-order valence-electron chi connectivity index (χ0n) is 26.3. The number of carbonyl (C=O) groups is 2. The molecular weight excluding hydrogens is 626 g/mol. The van der Waals surface area contributed by atoms with E-state index in [0.717, 1.165) is 37.3 Å². The van der Waals surface area contributed by atoms with E-state index in [1.165, 1.54) is 12.1 Å². The van der Waals surface area contributed by atoms with Gasteiger partial charge in [0, 0.05) is 18.5 Å². The number of nitro benzene ring substituents is 1. The monoisotopic (exact) mass is 663 g/mol. The molecule has 1 saturated carbocycles. The Morgan fingerprint density at radius 2 is 1.66 bits per heavy atom. The number of nitro groups is 1. The van der Waals surface area contributed by atoms with Crippen molar-refractivity contribution < 1.29 is 32.4 Å². The van der Waals surface area contributed by atoms with Crippen molar-refractivity contribution in [2.45, 2.75) is 82.1 Å². The molecule has 0 spiro atoms. The average Bonchev–Trinajstić information content (AvgIpc) is 3.52. The quantitative estimate of drug-likeness (QED) is 0.168. The number of nitriles is 1. The van der Waals surface area contributed by atoms with Gasteiger partial charge in [0.2, 0.25) is 0 Å². The van der Waals surface area contributed by atoms with Crippen molar-refractivity contribution in [2.75, 3.05) is 5.32 Å². The maximum atomic E-state index is 13.4. The van der Waals surface area contributed by atoms with Crippen LogP contribution in [0.1, 0.15) is 63.1 Å². The van der Waals surface area contributed by atoms with Crippen LogP contribution in [0.3, 0.4) is 0 Å². The van der Waals surface area contributed by atoms with Gasteiger partial charge < -0.3 is 20.1 Å². The van der Waals surface area contributed by atoms with Crippen LogP contribution in [0.2, 0.25) is 0 Å². The number of benzene rings is 3. The van der Waals surface area contributed by atoms with Crippen molar-refractivity contribution in [3.05, 3.63) is 93.5 Å². The van der Waals surface area contributed by atoms with Gasteiger partial charge >= 0.3 is 6.09 Å². The van der Waals surface area contributed by atoms with Crippen LogP contribution in [0.4, 0.5) is 16.2 Å². The van der Waals surface area contributed by atoms with E-state index in [-0.39, 0.29) is 24.8 Å². The molecule has 0 radical (unpaired) electrons. The average molecular weight is 664 g/mol. The van der Waals surface area contributed by atoms with E-state index in [4.69, 9.17) is 14.7 Å². The zero-order valence-corrected chi connectivity index (χ0v) is 27.1. The summed E-state index contributed by atoms with van der Waals surface area (Å²) in [7, 11) is -4.57. The first kappa shape index (κ1) is 34.7. The Morgan fingerprint density at radius 1 is 1.02 bits per heavy atom. The summed E-state index contributed by atoms with van der Waals surface area (Å²) in [6.07, 6.45) is 2.67. The topological polar surface area (TPSA) is 190 Å². The molecule has 2 amide bonds. The summed E-state index contributed by atoms with van der Waals surface area (Å²) in [5.41, 5.74) is 0.840. The largest absolute Gasteiger partial charge is 0.489 e. The van der Waals surface area contributed by atoms with Crippen LogP contribution in [0.15, 0.2) is 71.6 Å². The summed E-state index contributed by atoms with van der Waals surface area (Å²) in [6.45, 7) is 5.17. The standard InChI is InChI=1S/C33H37N5O8S/c1-33(2,3)46-32(40)36-29(18-22-12-14-26(15-13-22)45-21-24-10-8-23(20-34)9-11-24)31(39)37-47(43,44)27-16-17-28(30(19-27)38(41)42)35-25-6-4-5-7-25/h8-17,19,25,29,35H,4-7,18,21H2,1-3H3,(H,36,40)(H,37,39)/t29-/m0/s1. The number of ether oxygens (including phenoxy) is 2. The summed E-state index contributed by atoms with van der Waals surface area (Å²) >= 11 is 0. The fourth-order valence-corrected chi connectivity index (χ4v) is 6.00. The van der Waals surface area contributed by atoms with Crippen molar-refractivity contribution in [1.29, 1.82) is 5.26 Å². The van der Waals surface area contributed by atoms with Gasteiger partial charge in [-0.3, -0.25) is 14.9 Å². The van der Waals surface area contributed by atoms with Crippen LogP contribution in [0.5, 0.6) is 5.75 Å². The molecular formula is C33H37N5O8S. The van der Waals surface area contributed by atoms with E-state index in [1.807, 2.05) is 4.72 Å². The molecule has 1 atom stereocenters. The first-order valence-corrected chi connectivity index (χ1v) is 16.5. The number of rotatable bonds is 12. The molecule has 3 aromatic carbocycles. The van der Waals surface area contributed by atoms with Gasteiger partial charge in [-0.2, -0.15) is 5.26 Å². The molecule has 1 aliphatic rings. The van der Waals surface area contributed by atoms with Crippen molar-refractivity contribution in [3.8, 4) is 11.8 Å². The summed E-state index contributed by atoms with van der Waals surface area (Å²) < 4.78 is 39.6.